The van der Waals surface area contributed by atoms with E-state index in [2.05, 4.69) is 80.0 Å². The lowest BCUT2D eigenvalue weighted by molar-refractivity contribution is 0.590. The molecule has 0 saturated heterocycles. The molecule has 0 atom stereocenters. The molecule has 3 nitrogen and oxygen atoms in total. The molecule has 0 aliphatic heterocycles. The molecule has 0 amide bonds. The maximum absolute atomic E-state index is 8.30. The molecule has 3 aromatic rings. The van der Waals surface area contributed by atoms with E-state index in [1.165, 1.54) is 22.1 Å². The normalized spacial score (nSPS) is 12.0. The Morgan fingerprint density at radius 3 is 2.15 bits per heavy atom. The number of benzene rings is 3. The Balaban J connectivity index is 0.00000210. The first-order chi connectivity index (χ1) is 12.4. The molecular formula is C23H24ClN3. The molecule has 3 aromatic carbocycles. The van der Waals surface area contributed by atoms with Crippen LogP contribution < -0.4 is 10.6 Å². The third-order valence-corrected chi connectivity index (χ3v) is 4.83. The lowest BCUT2D eigenvalue weighted by Crippen LogP contribution is -2.20. The van der Waals surface area contributed by atoms with Gasteiger partial charge < -0.3 is 10.6 Å². The van der Waals surface area contributed by atoms with Crippen LogP contribution >= 0.6 is 12.4 Å². The molecule has 1 aliphatic rings. The van der Waals surface area contributed by atoms with Crippen molar-refractivity contribution in [2.45, 2.75) is 26.2 Å². The molecule has 0 saturated carbocycles. The summed E-state index contributed by atoms with van der Waals surface area (Å²) in [4.78, 5) is 0. The van der Waals surface area contributed by atoms with Crippen LogP contribution in [0.3, 0.4) is 0 Å². The van der Waals surface area contributed by atoms with Crippen LogP contribution in [0.25, 0.3) is 22.9 Å². The van der Waals surface area contributed by atoms with Crippen molar-refractivity contribution in [3.05, 3.63) is 71.3 Å². The molecule has 3 N–H and O–H groups in total. The Labute approximate surface area is 166 Å². The van der Waals surface area contributed by atoms with E-state index in [9.17, 15) is 0 Å². The summed E-state index contributed by atoms with van der Waals surface area (Å²) in [6.07, 6.45) is 4.28. The van der Waals surface area contributed by atoms with Crippen molar-refractivity contribution >= 4 is 52.7 Å². The summed E-state index contributed by atoms with van der Waals surface area (Å²) in [7, 11) is 0. The van der Waals surface area contributed by atoms with Crippen LogP contribution in [0.1, 0.15) is 37.5 Å². The average Bonchev–Trinajstić information content (AvgIpc) is 3.02. The highest BCUT2D eigenvalue weighted by Crippen LogP contribution is 2.35. The summed E-state index contributed by atoms with van der Waals surface area (Å²) in [6.45, 7) is 6.59. The molecule has 0 bridgehead atoms. The summed E-state index contributed by atoms with van der Waals surface area (Å²) in [6, 6.07) is 18.7. The summed E-state index contributed by atoms with van der Waals surface area (Å²) < 4.78 is 0. The standard InChI is InChI=1S/C23H23N3.ClH/c1-23(2,3)17-10-12-18(13-11-17)25-22(24)26-20-14-9-16-8-7-15-5-4-6-19(20)21(15)16;/h4-14H,1-3H3,(H3,24,25,26);1H. The van der Waals surface area contributed by atoms with E-state index in [0.717, 1.165) is 16.8 Å². The molecule has 0 aromatic heterocycles. The Bertz CT molecular complexity index is 1020. The van der Waals surface area contributed by atoms with Gasteiger partial charge in [0.1, 0.15) is 0 Å². The third kappa shape index (κ3) is 3.69. The predicted molar refractivity (Wildman–Crippen MR) is 120 cm³/mol. The van der Waals surface area contributed by atoms with Crippen molar-refractivity contribution in [2.24, 2.45) is 0 Å². The summed E-state index contributed by atoms with van der Waals surface area (Å²) in [5.74, 6) is 0.264. The highest BCUT2D eigenvalue weighted by atomic mass is 35.5. The van der Waals surface area contributed by atoms with E-state index in [1.54, 1.807) is 0 Å². The second kappa shape index (κ2) is 7.09. The minimum Gasteiger partial charge on any atom is -0.326 e. The van der Waals surface area contributed by atoms with Crippen LogP contribution in [-0.2, 0) is 5.41 Å². The Hall–Kier alpha value is -2.78. The number of anilines is 2. The van der Waals surface area contributed by atoms with Crippen LogP contribution in [0.5, 0.6) is 0 Å². The van der Waals surface area contributed by atoms with Gasteiger partial charge in [0.15, 0.2) is 5.96 Å². The SMILES string of the molecule is CC(C)(C)c1ccc(NC(=N)Nc2ccc3c4c(cccc24)C=C3)cc1.Cl. The minimum atomic E-state index is 0. The van der Waals surface area contributed by atoms with Crippen molar-refractivity contribution in [3.8, 4) is 0 Å². The number of hydrogen-bond donors (Lipinski definition) is 3. The Kier molecular flexibility index (Phi) is 4.99. The topological polar surface area (TPSA) is 47.9 Å². The Morgan fingerprint density at radius 1 is 0.815 bits per heavy atom. The molecule has 138 valence electrons. The van der Waals surface area contributed by atoms with E-state index >= 15 is 0 Å². The molecule has 0 fully saturated rings. The average molecular weight is 378 g/mol. The zero-order valence-corrected chi connectivity index (χ0v) is 16.6. The largest absolute Gasteiger partial charge is 0.326 e. The molecule has 27 heavy (non-hydrogen) atoms. The van der Waals surface area contributed by atoms with Crippen molar-refractivity contribution in [3.63, 3.8) is 0 Å². The fraction of sp³-hybridized carbons (Fsp3) is 0.174. The molecule has 0 radical (unpaired) electrons. The van der Waals surface area contributed by atoms with Crippen molar-refractivity contribution in [2.75, 3.05) is 10.6 Å². The number of guanidine groups is 1. The smallest absolute Gasteiger partial charge is 0.197 e. The van der Waals surface area contributed by atoms with Crippen molar-refractivity contribution in [1.29, 1.82) is 5.41 Å². The van der Waals surface area contributed by atoms with Crippen LogP contribution in [0.4, 0.5) is 11.4 Å². The number of halogens is 1. The fourth-order valence-corrected chi connectivity index (χ4v) is 3.39. The van der Waals surface area contributed by atoms with Crippen LogP contribution in [0.2, 0.25) is 0 Å². The molecule has 1 aliphatic carbocycles. The van der Waals surface area contributed by atoms with Crippen molar-refractivity contribution in [1.82, 2.24) is 0 Å². The van der Waals surface area contributed by atoms with Gasteiger partial charge in [-0.15, -0.1) is 12.4 Å². The molecule has 4 heteroatoms. The van der Waals surface area contributed by atoms with E-state index < -0.39 is 0 Å². The van der Waals surface area contributed by atoms with Gasteiger partial charge in [0.2, 0.25) is 0 Å². The first-order valence-electron chi connectivity index (χ1n) is 8.89. The van der Waals surface area contributed by atoms with E-state index in [1.807, 2.05) is 18.2 Å². The maximum atomic E-state index is 8.30. The van der Waals surface area contributed by atoms with Gasteiger partial charge in [-0.25, -0.2) is 0 Å². The fourth-order valence-electron chi connectivity index (χ4n) is 3.39. The molecule has 4 rings (SSSR count). The van der Waals surface area contributed by atoms with Gasteiger partial charge >= 0.3 is 0 Å². The summed E-state index contributed by atoms with van der Waals surface area (Å²) in [5.41, 5.74) is 5.73. The highest BCUT2D eigenvalue weighted by Gasteiger charge is 2.14. The number of nitrogens with one attached hydrogen (secondary N) is 3. The zero-order valence-electron chi connectivity index (χ0n) is 15.8. The van der Waals surface area contributed by atoms with Gasteiger partial charge in [0.25, 0.3) is 0 Å². The second-order valence-corrected chi connectivity index (χ2v) is 7.76. The third-order valence-electron chi connectivity index (χ3n) is 4.83. The van der Waals surface area contributed by atoms with E-state index in [0.29, 0.717) is 0 Å². The van der Waals surface area contributed by atoms with Gasteiger partial charge in [-0.05, 0) is 45.7 Å². The minimum absolute atomic E-state index is 0. The number of hydrogen-bond acceptors (Lipinski definition) is 1. The van der Waals surface area contributed by atoms with Crippen LogP contribution in [0.15, 0.2) is 54.6 Å². The lowest BCUT2D eigenvalue weighted by Gasteiger charge is -2.19. The molecular weight excluding hydrogens is 354 g/mol. The molecule has 0 heterocycles. The van der Waals surface area contributed by atoms with Gasteiger partial charge in [0.05, 0.1) is 0 Å². The van der Waals surface area contributed by atoms with Crippen molar-refractivity contribution < 1.29 is 0 Å². The van der Waals surface area contributed by atoms with Crippen LogP contribution in [-0.4, -0.2) is 5.96 Å². The summed E-state index contributed by atoms with van der Waals surface area (Å²) >= 11 is 0. The Morgan fingerprint density at radius 2 is 1.48 bits per heavy atom. The van der Waals surface area contributed by atoms with Gasteiger partial charge in [-0.3, -0.25) is 5.41 Å². The first kappa shape index (κ1) is 19.0. The maximum Gasteiger partial charge on any atom is 0.197 e. The van der Waals surface area contributed by atoms with E-state index in [4.69, 9.17) is 5.41 Å². The summed E-state index contributed by atoms with van der Waals surface area (Å²) in [5, 5.41) is 17.0. The second-order valence-electron chi connectivity index (χ2n) is 7.76. The predicted octanol–water partition coefficient (Wildman–Crippen LogP) is 6.50. The van der Waals surface area contributed by atoms with Gasteiger partial charge in [-0.2, -0.15) is 0 Å². The first-order valence-corrected chi connectivity index (χ1v) is 8.89. The number of rotatable bonds is 2. The quantitative estimate of drug-likeness (QED) is 0.276. The lowest BCUT2D eigenvalue weighted by atomic mass is 9.87. The molecule has 0 spiro atoms. The van der Waals surface area contributed by atoms with Crippen LogP contribution in [0, 0.1) is 5.41 Å². The monoisotopic (exact) mass is 377 g/mol. The van der Waals surface area contributed by atoms with E-state index in [-0.39, 0.29) is 23.8 Å². The van der Waals surface area contributed by atoms with Gasteiger partial charge in [-0.1, -0.05) is 69.3 Å². The molecule has 0 unspecified atom stereocenters. The zero-order chi connectivity index (χ0) is 18.3. The van der Waals surface area contributed by atoms with Gasteiger partial charge in [0, 0.05) is 16.8 Å². The highest BCUT2D eigenvalue weighted by molar-refractivity contribution is 6.13.